The molecule has 0 aromatic heterocycles. The Morgan fingerprint density at radius 2 is 2.29 bits per heavy atom. The summed E-state index contributed by atoms with van der Waals surface area (Å²) in [6, 6.07) is 2.81. The Labute approximate surface area is 140 Å². The van der Waals surface area contributed by atoms with Crippen LogP contribution in [0, 0.1) is 5.82 Å². The minimum absolute atomic E-state index is 0. The van der Waals surface area contributed by atoms with E-state index in [2.05, 4.69) is 16.9 Å². The van der Waals surface area contributed by atoms with E-state index in [4.69, 9.17) is 15.2 Å². The molecule has 5 nitrogen and oxygen atoms in total. The molecule has 1 heterocycles. The largest absolute Gasteiger partial charge is 0.467 e. The van der Waals surface area contributed by atoms with Crippen molar-refractivity contribution < 1.29 is 13.9 Å². The summed E-state index contributed by atoms with van der Waals surface area (Å²) in [6.07, 6.45) is 0. The lowest BCUT2D eigenvalue weighted by atomic mass is 10.1. The van der Waals surface area contributed by atoms with Gasteiger partial charge in [-0.2, -0.15) is 0 Å². The van der Waals surface area contributed by atoms with E-state index in [0.717, 1.165) is 5.57 Å². The van der Waals surface area contributed by atoms with Crippen molar-refractivity contribution >= 4 is 29.9 Å². The third-order valence-electron chi connectivity index (χ3n) is 2.74. The molecule has 116 valence electrons. The first kappa shape index (κ1) is 17.7. The van der Waals surface area contributed by atoms with Crippen LogP contribution >= 0.6 is 24.0 Å². The maximum atomic E-state index is 13.5. The van der Waals surface area contributed by atoms with Crippen LogP contribution in [0.15, 0.2) is 29.3 Å². The second kappa shape index (κ2) is 8.18. The first-order valence-corrected chi connectivity index (χ1v) is 6.26. The Bertz CT molecular complexity index is 549. The molecular weight excluding hydrogens is 388 g/mol. The molecule has 1 aromatic rings. The van der Waals surface area contributed by atoms with Gasteiger partial charge in [-0.15, -0.1) is 24.0 Å². The average molecular weight is 407 g/mol. The number of hydrogen-bond acceptors (Lipinski definition) is 3. The highest BCUT2D eigenvalue weighted by Crippen LogP contribution is 2.29. The zero-order chi connectivity index (χ0) is 14.5. The summed E-state index contributed by atoms with van der Waals surface area (Å²) in [4.78, 5) is 4.17. The van der Waals surface area contributed by atoms with Crippen LogP contribution in [0.1, 0.15) is 18.1 Å². The van der Waals surface area contributed by atoms with Crippen LogP contribution in [-0.4, -0.2) is 19.3 Å². The smallest absolute Gasteiger partial charge is 0.189 e. The number of fused-ring (bicyclic) bond motifs is 1. The van der Waals surface area contributed by atoms with Gasteiger partial charge in [0.2, 0.25) is 0 Å². The molecule has 21 heavy (non-hydrogen) atoms. The molecule has 0 unspecified atom stereocenters. The van der Waals surface area contributed by atoms with E-state index in [-0.39, 0.29) is 49.1 Å². The van der Waals surface area contributed by atoms with Gasteiger partial charge >= 0.3 is 0 Å². The normalized spacial score (nSPS) is 13.7. The predicted molar refractivity (Wildman–Crippen MR) is 90.2 cm³/mol. The second-order valence-electron chi connectivity index (χ2n) is 4.68. The van der Waals surface area contributed by atoms with E-state index < -0.39 is 0 Å². The summed E-state index contributed by atoms with van der Waals surface area (Å²) >= 11 is 0. The van der Waals surface area contributed by atoms with Crippen molar-refractivity contribution in [1.29, 1.82) is 0 Å². The van der Waals surface area contributed by atoms with Crippen LogP contribution in [0.25, 0.3) is 0 Å². The molecule has 1 aromatic carbocycles. The fourth-order valence-corrected chi connectivity index (χ4v) is 1.84. The van der Waals surface area contributed by atoms with Crippen molar-refractivity contribution in [2.75, 3.05) is 13.3 Å². The van der Waals surface area contributed by atoms with Gasteiger partial charge in [-0.25, -0.2) is 9.38 Å². The highest BCUT2D eigenvalue weighted by atomic mass is 127. The lowest BCUT2D eigenvalue weighted by Crippen LogP contribution is -2.32. The average Bonchev–Trinajstić information content (AvgIpc) is 2.42. The second-order valence-corrected chi connectivity index (χ2v) is 4.68. The third kappa shape index (κ3) is 5.16. The van der Waals surface area contributed by atoms with Gasteiger partial charge in [0.1, 0.15) is 11.6 Å². The van der Waals surface area contributed by atoms with Gasteiger partial charge in [0.05, 0.1) is 13.2 Å². The molecule has 0 saturated heterocycles. The SMILES string of the molecule is C=C(C)CNC(N)=NCc1cc(F)cc2c1OCOC2.I. The van der Waals surface area contributed by atoms with Crippen molar-refractivity contribution in [2.24, 2.45) is 10.7 Å². The summed E-state index contributed by atoms with van der Waals surface area (Å²) in [5.41, 5.74) is 8.02. The number of rotatable bonds is 4. The third-order valence-corrected chi connectivity index (χ3v) is 2.74. The van der Waals surface area contributed by atoms with Crippen LogP contribution in [0.2, 0.25) is 0 Å². The van der Waals surface area contributed by atoms with Gasteiger partial charge in [-0.3, -0.25) is 0 Å². The molecule has 1 aliphatic rings. The number of nitrogens with one attached hydrogen (secondary N) is 1. The number of hydrogen-bond donors (Lipinski definition) is 2. The Morgan fingerprint density at radius 1 is 1.52 bits per heavy atom. The summed E-state index contributed by atoms with van der Waals surface area (Å²) in [5, 5.41) is 2.92. The van der Waals surface area contributed by atoms with Gasteiger partial charge in [0.25, 0.3) is 0 Å². The number of nitrogens with two attached hydrogens (primary N) is 1. The van der Waals surface area contributed by atoms with Crippen molar-refractivity contribution in [2.45, 2.75) is 20.1 Å². The molecule has 1 aliphatic heterocycles. The van der Waals surface area contributed by atoms with Gasteiger partial charge in [0.15, 0.2) is 12.8 Å². The van der Waals surface area contributed by atoms with Crippen LogP contribution in [0.5, 0.6) is 5.75 Å². The maximum Gasteiger partial charge on any atom is 0.189 e. The van der Waals surface area contributed by atoms with E-state index in [0.29, 0.717) is 30.0 Å². The van der Waals surface area contributed by atoms with E-state index in [1.807, 2.05) is 6.92 Å². The van der Waals surface area contributed by atoms with Crippen molar-refractivity contribution in [3.05, 3.63) is 41.2 Å². The van der Waals surface area contributed by atoms with E-state index in [1.165, 1.54) is 12.1 Å². The number of aliphatic imine (C=N–C) groups is 1. The molecule has 0 spiro atoms. The summed E-state index contributed by atoms with van der Waals surface area (Å²) in [7, 11) is 0. The quantitative estimate of drug-likeness (QED) is 0.348. The van der Waals surface area contributed by atoms with Gasteiger partial charge in [-0.1, -0.05) is 12.2 Å². The molecule has 0 saturated carbocycles. The number of benzene rings is 1. The first-order chi connectivity index (χ1) is 9.56. The summed E-state index contributed by atoms with van der Waals surface area (Å²) in [6.45, 7) is 6.95. The zero-order valence-electron chi connectivity index (χ0n) is 11.8. The summed E-state index contributed by atoms with van der Waals surface area (Å²) < 4.78 is 24.0. The van der Waals surface area contributed by atoms with E-state index in [9.17, 15) is 4.39 Å². The van der Waals surface area contributed by atoms with Crippen LogP contribution in [0.4, 0.5) is 4.39 Å². The standard InChI is InChI=1S/C14H18FN3O2.HI/c1-9(2)5-17-14(16)18-6-10-3-12(15)4-11-7-19-8-20-13(10)11;/h3-4H,1,5-8H2,2H3,(H3,16,17,18);1H. The van der Waals surface area contributed by atoms with Crippen LogP contribution in [0.3, 0.4) is 0 Å². The monoisotopic (exact) mass is 407 g/mol. The highest BCUT2D eigenvalue weighted by Gasteiger charge is 2.16. The molecule has 0 bridgehead atoms. The van der Waals surface area contributed by atoms with E-state index in [1.54, 1.807) is 0 Å². The van der Waals surface area contributed by atoms with Gasteiger partial charge in [0, 0.05) is 17.7 Å². The van der Waals surface area contributed by atoms with Gasteiger partial charge in [-0.05, 0) is 19.1 Å². The van der Waals surface area contributed by atoms with Crippen LogP contribution in [-0.2, 0) is 17.9 Å². The molecule has 0 amide bonds. The zero-order valence-corrected chi connectivity index (χ0v) is 14.1. The fourth-order valence-electron chi connectivity index (χ4n) is 1.84. The molecule has 0 fully saturated rings. The Morgan fingerprint density at radius 3 is 3.00 bits per heavy atom. The number of halogens is 2. The number of ether oxygens (including phenoxy) is 2. The molecule has 7 heteroatoms. The Hall–Kier alpha value is -1.35. The molecule has 0 radical (unpaired) electrons. The molecule has 0 aliphatic carbocycles. The Kier molecular flexibility index (Phi) is 6.90. The Balaban J connectivity index is 0.00000220. The molecular formula is C14H19FIN3O2. The molecule has 2 rings (SSSR count). The van der Waals surface area contributed by atoms with E-state index >= 15 is 0 Å². The lowest BCUT2D eigenvalue weighted by Gasteiger charge is -2.20. The van der Waals surface area contributed by atoms with Gasteiger partial charge < -0.3 is 20.5 Å². The van der Waals surface area contributed by atoms with Crippen molar-refractivity contribution in [1.82, 2.24) is 5.32 Å². The maximum absolute atomic E-state index is 13.5. The minimum Gasteiger partial charge on any atom is -0.467 e. The number of nitrogens with zero attached hydrogens (tertiary/aromatic N) is 1. The minimum atomic E-state index is -0.337. The fraction of sp³-hybridized carbons (Fsp3) is 0.357. The van der Waals surface area contributed by atoms with Crippen molar-refractivity contribution in [3.8, 4) is 5.75 Å². The van der Waals surface area contributed by atoms with Crippen LogP contribution < -0.4 is 15.8 Å². The number of guanidine groups is 1. The highest BCUT2D eigenvalue weighted by molar-refractivity contribution is 14.0. The first-order valence-electron chi connectivity index (χ1n) is 6.26. The summed E-state index contributed by atoms with van der Waals surface area (Å²) in [5.74, 6) is 0.587. The topological polar surface area (TPSA) is 68.9 Å². The predicted octanol–water partition coefficient (Wildman–Crippen LogP) is 2.29. The molecule has 0 atom stereocenters. The lowest BCUT2D eigenvalue weighted by molar-refractivity contribution is -0.0172. The van der Waals surface area contributed by atoms with Crippen molar-refractivity contribution in [3.63, 3.8) is 0 Å². The molecule has 3 N–H and O–H groups in total.